The van der Waals surface area contributed by atoms with Gasteiger partial charge in [0.15, 0.2) is 0 Å². The van der Waals surface area contributed by atoms with Crippen molar-refractivity contribution in [1.29, 1.82) is 0 Å². The van der Waals surface area contributed by atoms with E-state index in [1.807, 2.05) is 31.2 Å². The van der Waals surface area contributed by atoms with Crippen molar-refractivity contribution in [1.82, 2.24) is 4.31 Å². The smallest absolute Gasteiger partial charge is 0.207 e. The van der Waals surface area contributed by atoms with Crippen LogP contribution in [0.4, 0.5) is 0 Å². The van der Waals surface area contributed by atoms with Crippen molar-refractivity contribution in [3.05, 3.63) is 90.5 Å². The van der Waals surface area contributed by atoms with Crippen molar-refractivity contribution >= 4 is 10.0 Å². The number of aryl methyl sites for hydroxylation is 1. The lowest BCUT2D eigenvalue weighted by molar-refractivity contribution is 0.473. The summed E-state index contributed by atoms with van der Waals surface area (Å²) >= 11 is 0. The van der Waals surface area contributed by atoms with E-state index in [1.54, 1.807) is 18.2 Å². The van der Waals surface area contributed by atoms with Gasteiger partial charge in [0.1, 0.15) is 0 Å². The van der Waals surface area contributed by atoms with Gasteiger partial charge in [-0.2, -0.15) is 4.31 Å². The predicted molar refractivity (Wildman–Crippen MR) is 107 cm³/mol. The molecule has 0 spiro atoms. The first-order valence-electron chi connectivity index (χ1n) is 8.89. The Morgan fingerprint density at radius 3 is 2.27 bits per heavy atom. The van der Waals surface area contributed by atoms with Crippen LogP contribution in [-0.4, -0.2) is 25.8 Å². The molecule has 136 valence electrons. The van der Waals surface area contributed by atoms with Crippen LogP contribution in [0.3, 0.4) is 0 Å². The molecule has 1 fully saturated rings. The van der Waals surface area contributed by atoms with Crippen molar-refractivity contribution in [2.24, 2.45) is 0 Å². The summed E-state index contributed by atoms with van der Waals surface area (Å²) in [5, 5.41) is 0. The molecule has 4 heteroatoms. The second-order valence-corrected chi connectivity index (χ2v) is 8.79. The highest BCUT2D eigenvalue weighted by Gasteiger charge is 2.41. The number of benzene rings is 2. The van der Waals surface area contributed by atoms with Crippen molar-refractivity contribution < 1.29 is 8.42 Å². The zero-order chi connectivity index (χ0) is 18.6. The van der Waals surface area contributed by atoms with Crippen LogP contribution in [0.1, 0.15) is 24.0 Å². The average molecular weight is 368 g/mol. The van der Waals surface area contributed by atoms with E-state index in [0.29, 0.717) is 18.0 Å². The summed E-state index contributed by atoms with van der Waals surface area (Å²) in [7, 11) is -3.53. The zero-order valence-corrected chi connectivity index (χ0v) is 16.0. The Hall–Kier alpha value is -2.17. The highest BCUT2D eigenvalue weighted by Crippen LogP contribution is 2.49. The summed E-state index contributed by atoms with van der Waals surface area (Å²) in [5.41, 5.74) is 2.42. The summed E-state index contributed by atoms with van der Waals surface area (Å²) in [6, 6.07) is 17.4. The van der Waals surface area contributed by atoms with Gasteiger partial charge in [-0.25, -0.2) is 8.42 Å². The van der Waals surface area contributed by atoms with Crippen LogP contribution in [0.25, 0.3) is 0 Å². The lowest BCUT2D eigenvalue weighted by Crippen LogP contribution is -2.31. The van der Waals surface area contributed by atoms with Crippen molar-refractivity contribution in [2.45, 2.75) is 30.1 Å². The first kappa shape index (κ1) is 18.6. The monoisotopic (exact) mass is 367 g/mol. The van der Waals surface area contributed by atoms with Crippen LogP contribution >= 0.6 is 0 Å². The summed E-state index contributed by atoms with van der Waals surface area (Å²) in [6.07, 6.45) is 8.00. The van der Waals surface area contributed by atoms with E-state index in [1.165, 1.54) is 9.87 Å². The van der Waals surface area contributed by atoms with Gasteiger partial charge in [0, 0.05) is 18.5 Å². The molecule has 0 radical (unpaired) electrons. The molecular weight excluding hydrogens is 342 g/mol. The Kier molecular flexibility index (Phi) is 5.44. The fourth-order valence-electron chi connectivity index (χ4n) is 3.13. The predicted octanol–water partition coefficient (Wildman–Crippen LogP) is 4.46. The number of nitrogens with zero attached hydrogens (tertiary/aromatic N) is 1. The third kappa shape index (κ3) is 3.97. The topological polar surface area (TPSA) is 37.4 Å². The minimum atomic E-state index is -3.53. The highest BCUT2D eigenvalue weighted by molar-refractivity contribution is 7.89. The van der Waals surface area contributed by atoms with Gasteiger partial charge < -0.3 is 0 Å². The number of hydrogen-bond acceptors (Lipinski definition) is 2. The minimum absolute atomic E-state index is 0.0781. The summed E-state index contributed by atoms with van der Waals surface area (Å²) in [4.78, 5) is 0.322. The normalized spacial score (nSPS) is 16.1. The summed E-state index contributed by atoms with van der Waals surface area (Å²) < 4.78 is 27.3. The molecule has 0 aliphatic heterocycles. The largest absolute Gasteiger partial charge is 0.243 e. The van der Waals surface area contributed by atoms with Crippen LogP contribution in [0, 0.1) is 6.92 Å². The van der Waals surface area contributed by atoms with Crippen molar-refractivity contribution in [2.75, 3.05) is 13.1 Å². The first-order chi connectivity index (χ1) is 12.5. The molecule has 1 aliphatic rings. The molecule has 3 nitrogen and oxygen atoms in total. The maximum absolute atomic E-state index is 12.9. The standard InChI is InChI=1S/C22H25NO2S/c1-3-17-23(26(24,25)21-12-10-19(2)11-13-21)18-7-14-22(15-16-22)20-8-5-4-6-9-20/h3-14H,1,15-18H2,2H3/b14-7+. The van der Waals surface area contributed by atoms with Crippen molar-refractivity contribution in [3.8, 4) is 0 Å². The van der Waals surface area contributed by atoms with Gasteiger partial charge in [0.25, 0.3) is 0 Å². The van der Waals surface area contributed by atoms with E-state index in [-0.39, 0.29) is 5.41 Å². The fourth-order valence-corrected chi connectivity index (χ4v) is 4.49. The summed E-state index contributed by atoms with van der Waals surface area (Å²) in [5.74, 6) is 0. The summed E-state index contributed by atoms with van der Waals surface area (Å²) in [6.45, 7) is 6.29. The molecule has 0 bridgehead atoms. The highest BCUT2D eigenvalue weighted by atomic mass is 32.2. The van der Waals surface area contributed by atoms with E-state index in [9.17, 15) is 8.42 Å². The number of sulfonamides is 1. The fraction of sp³-hybridized carbons (Fsp3) is 0.273. The van der Waals surface area contributed by atoms with Gasteiger partial charge in [-0.15, -0.1) is 6.58 Å². The lowest BCUT2D eigenvalue weighted by Gasteiger charge is -2.20. The Morgan fingerprint density at radius 2 is 1.69 bits per heavy atom. The van der Waals surface area contributed by atoms with Gasteiger partial charge in [-0.1, -0.05) is 66.3 Å². The van der Waals surface area contributed by atoms with Crippen LogP contribution in [0.15, 0.2) is 84.3 Å². The van der Waals surface area contributed by atoms with E-state index in [4.69, 9.17) is 0 Å². The molecule has 2 aromatic rings. The van der Waals surface area contributed by atoms with Gasteiger partial charge in [-0.3, -0.25) is 0 Å². The molecular formula is C22H25NO2S. The van der Waals surface area contributed by atoms with Gasteiger partial charge >= 0.3 is 0 Å². The second kappa shape index (κ2) is 7.60. The second-order valence-electron chi connectivity index (χ2n) is 6.85. The average Bonchev–Trinajstić information content (AvgIpc) is 3.43. The van der Waals surface area contributed by atoms with Crippen LogP contribution in [0.5, 0.6) is 0 Å². The third-order valence-corrected chi connectivity index (χ3v) is 6.72. The molecule has 26 heavy (non-hydrogen) atoms. The molecule has 0 heterocycles. The third-order valence-electron chi connectivity index (χ3n) is 4.87. The van der Waals surface area contributed by atoms with E-state index in [0.717, 1.165) is 18.4 Å². The van der Waals surface area contributed by atoms with Gasteiger partial charge in [0.05, 0.1) is 4.90 Å². The first-order valence-corrected chi connectivity index (χ1v) is 10.3. The van der Waals surface area contributed by atoms with Gasteiger partial charge in [-0.05, 0) is 37.5 Å². The SMILES string of the molecule is C=CCN(C/C=C/C1(c2ccccc2)CC1)S(=O)(=O)c1ccc(C)cc1. The molecule has 2 aromatic carbocycles. The zero-order valence-electron chi connectivity index (χ0n) is 15.1. The minimum Gasteiger partial charge on any atom is -0.207 e. The Balaban J connectivity index is 1.77. The van der Waals surface area contributed by atoms with Gasteiger partial charge in [0.2, 0.25) is 10.0 Å². The molecule has 0 saturated heterocycles. The quantitative estimate of drug-likeness (QED) is 0.646. The molecule has 0 aromatic heterocycles. The van der Waals surface area contributed by atoms with Crippen LogP contribution in [-0.2, 0) is 15.4 Å². The maximum atomic E-state index is 12.9. The molecule has 1 saturated carbocycles. The Labute approximate surface area is 156 Å². The number of allylic oxidation sites excluding steroid dienone is 1. The number of hydrogen-bond donors (Lipinski definition) is 0. The maximum Gasteiger partial charge on any atom is 0.243 e. The molecule has 0 N–H and O–H groups in total. The van der Waals surface area contributed by atoms with Crippen molar-refractivity contribution in [3.63, 3.8) is 0 Å². The van der Waals surface area contributed by atoms with E-state index < -0.39 is 10.0 Å². The van der Waals surface area contributed by atoms with E-state index >= 15 is 0 Å². The molecule has 0 unspecified atom stereocenters. The molecule has 0 amide bonds. The molecule has 0 atom stereocenters. The number of rotatable bonds is 8. The molecule has 1 aliphatic carbocycles. The van der Waals surface area contributed by atoms with Crippen LogP contribution < -0.4 is 0 Å². The van der Waals surface area contributed by atoms with E-state index in [2.05, 4.69) is 36.9 Å². The Bertz CT molecular complexity index is 879. The van der Waals surface area contributed by atoms with Crippen LogP contribution in [0.2, 0.25) is 0 Å². The molecule has 3 rings (SSSR count). The lowest BCUT2D eigenvalue weighted by atomic mass is 9.95. The Morgan fingerprint density at radius 1 is 1.04 bits per heavy atom.